The van der Waals surface area contributed by atoms with Gasteiger partial charge in [0.15, 0.2) is 0 Å². The zero-order valence-corrected chi connectivity index (χ0v) is 19.3. The van der Waals surface area contributed by atoms with Crippen LogP contribution in [0.2, 0.25) is 0 Å². The zero-order chi connectivity index (χ0) is 22.6. The molecule has 162 valence electrons. The number of hydrogen-bond acceptors (Lipinski definition) is 4. The molecule has 0 aliphatic rings. The van der Waals surface area contributed by atoms with E-state index in [1.165, 1.54) is 4.90 Å². The lowest BCUT2D eigenvalue weighted by atomic mass is 9.85. The van der Waals surface area contributed by atoms with Crippen LogP contribution in [0.15, 0.2) is 30.3 Å². The van der Waals surface area contributed by atoms with Crippen molar-refractivity contribution in [2.45, 2.75) is 40.0 Å². The highest BCUT2D eigenvalue weighted by atomic mass is 16.5. The van der Waals surface area contributed by atoms with Crippen LogP contribution in [0.25, 0.3) is 0 Å². The standard InChI is InChI=1S/C24H33N3O3/c1-15-11-18(12-16(2)22(15)30-8)25-14-21(28)26-20-13-17(23(29)27(6)7)9-10-19(20)24(3,4)5/h9-13,25H,14H2,1-8H3,(H,26,28). The molecule has 0 saturated carbocycles. The third-order valence-electron chi connectivity index (χ3n) is 4.87. The SMILES string of the molecule is COc1c(C)cc(NCC(=O)Nc2cc(C(=O)N(C)C)ccc2C(C)(C)C)cc1C. The normalized spacial score (nSPS) is 11.1. The van der Waals surface area contributed by atoms with Gasteiger partial charge in [0.25, 0.3) is 5.91 Å². The van der Waals surface area contributed by atoms with E-state index in [9.17, 15) is 9.59 Å². The van der Waals surface area contributed by atoms with Gasteiger partial charge >= 0.3 is 0 Å². The topological polar surface area (TPSA) is 70.7 Å². The lowest BCUT2D eigenvalue weighted by Gasteiger charge is -2.24. The third-order valence-corrected chi connectivity index (χ3v) is 4.87. The number of hydrogen-bond donors (Lipinski definition) is 2. The first-order chi connectivity index (χ1) is 13.9. The summed E-state index contributed by atoms with van der Waals surface area (Å²) >= 11 is 0. The number of benzene rings is 2. The van der Waals surface area contributed by atoms with Gasteiger partial charge in [0.05, 0.1) is 13.7 Å². The molecule has 0 fully saturated rings. The van der Waals surface area contributed by atoms with Crippen LogP contribution >= 0.6 is 0 Å². The van der Waals surface area contributed by atoms with Gasteiger partial charge in [-0.1, -0.05) is 26.8 Å². The summed E-state index contributed by atoms with van der Waals surface area (Å²) in [6.07, 6.45) is 0. The first-order valence-corrected chi connectivity index (χ1v) is 9.99. The smallest absolute Gasteiger partial charge is 0.253 e. The van der Waals surface area contributed by atoms with Gasteiger partial charge in [0, 0.05) is 31.0 Å². The fraction of sp³-hybridized carbons (Fsp3) is 0.417. The molecule has 0 unspecified atom stereocenters. The minimum absolute atomic E-state index is 0.103. The summed E-state index contributed by atoms with van der Waals surface area (Å²) in [5.74, 6) is 0.566. The molecule has 0 saturated heterocycles. The van der Waals surface area contributed by atoms with Gasteiger partial charge in [-0.2, -0.15) is 0 Å². The summed E-state index contributed by atoms with van der Waals surface area (Å²) in [6, 6.07) is 9.38. The molecule has 2 amide bonds. The summed E-state index contributed by atoms with van der Waals surface area (Å²) in [5, 5.41) is 6.15. The molecule has 0 atom stereocenters. The molecule has 0 heterocycles. The van der Waals surface area contributed by atoms with Crippen LogP contribution in [-0.4, -0.2) is 44.5 Å². The largest absolute Gasteiger partial charge is 0.496 e. The lowest BCUT2D eigenvalue weighted by molar-refractivity contribution is -0.114. The maximum atomic E-state index is 12.7. The fourth-order valence-electron chi connectivity index (χ4n) is 3.44. The fourth-order valence-corrected chi connectivity index (χ4v) is 3.44. The Hall–Kier alpha value is -3.02. The molecule has 0 spiro atoms. The van der Waals surface area contributed by atoms with Crippen molar-refractivity contribution in [2.75, 3.05) is 38.4 Å². The third kappa shape index (κ3) is 5.53. The van der Waals surface area contributed by atoms with Crippen molar-refractivity contribution in [3.63, 3.8) is 0 Å². The zero-order valence-electron chi connectivity index (χ0n) is 19.3. The average molecular weight is 412 g/mol. The summed E-state index contributed by atoms with van der Waals surface area (Å²) in [4.78, 5) is 26.6. The predicted molar refractivity (Wildman–Crippen MR) is 123 cm³/mol. The first kappa shape index (κ1) is 23.3. The Morgan fingerprint density at radius 1 is 1.03 bits per heavy atom. The second-order valence-corrected chi connectivity index (χ2v) is 8.75. The molecule has 6 nitrogen and oxygen atoms in total. The summed E-state index contributed by atoms with van der Waals surface area (Å²) < 4.78 is 5.39. The van der Waals surface area contributed by atoms with Crippen molar-refractivity contribution in [3.8, 4) is 5.75 Å². The number of methoxy groups -OCH3 is 1. The van der Waals surface area contributed by atoms with E-state index in [0.717, 1.165) is 28.1 Å². The Kier molecular flexibility index (Phi) is 7.13. The molecule has 2 aromatic rings. The van der Waals surface area contributed by atoms with E-state index < -0.39 is 0 Å². The highest BCUT2D eigenvalue weighted by molar-refractivity contribution is 5.98. The molecule has 2 aromatic carbocycles. The van der Waals surface area contributed by atoms with Gasteiger partial charge in [-0.25, -0.2) is 0 Å². The van der Waals surface area contributed by atoms with Crippen LogP contribution in [0.3, 0.4) is 0 Å². The molecule has 0 aromatic heterocycles. The van der Waals surface area contributed by atoms with Crippen LogP contribution < -0.4 is 15.4 Å². The van der Waals surface area contributed by atoms with E-state index in [-0.39, 0.29) is 23.8 Å². The van der Waals surface area contributed by atoms with Gasteiger partial charge in [-0.05, 0) is 60.2 Å². The second kappa shape index (κ2) is 9.20. The number of anilines is 2. The number of nitrogens with zero attached hydrogens (tertiary/aromatic N) is 1. The minimum Gasteiger partial charge on any atom is -0.496 e. The number of amides is 2. The molecule has 2 N–H and O–H groups in total. The summed E-state index contributed by atoms with van der Waals surface area (Å²) in [7, 11) is 5.07. The molecule has 0 radical (unpaired) electrons. The van der Waals surface area contributed by atoms with Gasteiger partial charge < -0.3 is 20.3 Å². The van der Waals surface area contributed by atoms with Crippen LogP contribution in [-0.2, 0) is 10.2 Å². The minimum atomic E-state index is -0.181. The van der Waals surface area contributed by atoms with Crippen molar-refractivity contribution in [1.29, 1.82) is 0 Å². The number of nitrogens with one attached hydrogen (secondary N) is 2. The number of ether oxygens (including phenoxy) is 1. The Morgan fingerprint density at radius 2 is 1.63 bits per heavy atom. The molecular weight excluding hydrogens is 378 g/mol. The number of rotatable bonds is 6. The lowest BCUT2D eigenvalue weighted by Crippen LogP contribution is -2.26. The van der Waals surface area contributed by atoms with E-state index in [1.54, 1.807) is 33.3 Å². The molecule has 0 bridgehead atoms. The van der Waals surface area contributed by atoms with E-state index in [1.807, 2.05) is 32.0 Å². The van der Waals surface area contributed by atoms with E-state index >= 15 is 0 Å². The van der Waals surface area contributed by atoms with Gasteiger partial charge in [0.1, 0.15) is 5.75 Å². The van der Waals surface area contributed by atoms with Crippen molar-refractivity contribution < 1.29 is 14.3 Å². The van der Waals surface area contributed by atoms with Gasteiger partial charge in [-0.15, -0.1) is 0 Å². The second-order valence-electron chi connectivity index (χ2n) is 8.75. The molecule has 2 rings (SSSR count). The number of carbonyl (C=O) groups excluding carboxylic acids is 2. The molecule has 30 heavy (non-hydrogen) atoms. The Bertz CT molecular complexity index is 920. The van der Waals surface area contributed by atoms with Gasteiger partial charge in [-0.3, -0.25) is 9.59 Å². The van der Waals surface area contributed by atoms with Crippen molar-refractivity contribution in [1.82, 2.24) is 4.90 Å². The van der Waals surface area contributed by atoms with Crippen LogP contribution in [0, 0.1) is 13.8 Å². The Balaban J connectivity index is 2.21. The monoisotopic (exact) mass is 411 g/mol. The van der Waals surface area contributed by atoms with Crippen molar-refractivity contribution in [2.24, 2.45) is 0 Å². The quantitative estimate of drug-likeness (QED) is 0.741. The number of aryl methyl sites for hydroxylation is 2. The van der Waals surface area contributed by atoms with Crippen LogP contribution in [0.4, 0.5) is 11.4 Å². The van der Waals surface area contributed by atoms with Crippen LogP contribution in [0.5, 0.6) is 5.75 Å². The summed E-state index contributed by atoms with van der Waals surface area (Å²) in [6.45, 7) is 10.3. The molecule has 0 aliphatic carbocycles. The van der Waals surface area contributed by atoms with E-state index in [2.05, 4.69) is 31.4 Å². The summed E-state index contributed by atoms with van der Waals surface area (Å²) in [5.41, 5.74) is 4.85. The van der Waals surface area contributed by atoms with E-state index in [0.29, 0.717) is 11.3 Å². The molecule has 0 aliphatic heterocycles. The van der Waals surface area contributed by atoms with Gasteiger partial charge in [0.2, 0.25) is 5.91 Å². The predicted octanol–water partition coefficient (Wildman–Crippen LogP) is 4.36. The highest BCUT2D eigenvalue weighted by Gasteiger charge is 2.21. The maximum Gasteiger partial charge on any atom is 0.253 e. The average Bonchev–Trinajstić information content (AvgIpc) is 2.64. The highest BCUT2D eigenvalue weighted by Crippen LogP contribution is 2.31. The van der Waals surface area contributed by atoms with Crippen LogP contribution in [0.1, 0.15) is 47.8 Å². The maximum absolute atomic E-state index is 12.7. The molecular formula is C24H33N3O3. The molecule has 6 heteroatoms. The van der Waals surface area contributed by atoms with Crippen molar-refractivity contribution >= 4 is 23.2 Å². The Morgan fingerprint density at radius 3 is 2.13 bits per heavy atom. The van der Waals surface area contributed by atoms with E-state index in [4.69, 9.17) is 4.74 Å². The Labute approximate surface area is 179 Å². The van der Waals surface area contributed by atoms with Crippen molar-refractivity contribution in [3.05, 3.63) is 52.6 Å². The first-order valence-electron chi connectivity index (χ1n) is 9.99. The number of carbonyl (C=O) groups is 2.